The fourth-order valence-corrected chi connectivity index (χ4v) is 1.54. The Morgan fingerprint density at radius 2 is 1.88 bits per heavy atom. The minimum Gasteiger partial charge on any atom is -0.258 e. The van der Waals surface area contributed by atoms with E-state index in [1.165, 1.54) is 18.5 Å². The van der Waals surface area contributed by atoms with E-state index in [1.807, 2.05) is 0 Å². The lowest BCUT2D eigenvalue weighted by molar-refractivity contribution is -0.384. The van der Waals surface area contributed by atoms with Crippen molar-refractivity contribution in [1.29, 1.82) is 0 Å². The summed E-state index contributed by atoms with van der Waals surface area (Å²) in [5, 5.41) is 11.0. The van der Waals surface area contributed by atoms with Gasteiger partial charge in [0.2, 0.25) is 0 Å². The van der Waals surface area contributed by atoms with Gasteiger partial charge in [-0.1, -0.05) is 23.7 Å². The van der Waals surface area contributed by atoms with E-state index in [0.29, 0.717) is 11.3 Å². The zero-order chi connectivity index (χ0) is 11.5. The van der Waals surface area contributed by atoms with Crippen molar-refractivity contribution >= 4 is 17.3 Å². The number of hydrogen-bond acceptors (Lipinski definition) is 4. The molecule has 0 aliphatic carbocycles. The highest BCUT2D eigenvalue weighted by Crippen LogP contribution is 2.31. The van der Waals surface area contributed by atoms with Crippen LogP contribution in [0.4, 0.5) is 5.69 Å². The molecule has 16 heavy (non-hydrogen) atoms. The predicted molar refractivity (Wildman–Crippen MR) is 59.1 cm³/mol. The third-order valence-electron chi connectivity index (χ3n) is 2.01. The Morgan fingerprint density at radius 3 is 2.56 bits per heavy atom. The van der Waals surface area contributed by atoms with Gasteiger partial charge in [0.15, 0.2) is 5.15 Å². The fraction of sp³-hybridized carbons (Fsp3) is 0. The summed E-state index contributed by atoms with van der Waals surface area (Å²) in [6, 6.07) is 6.27. The molecule has 0 radical (unpaired) electrons. The third kappa shape index (κ3) is 1.85. The molecule has 0 amide bonds. The van der Waals surface area contributed by atoms with Gasteiger partial charge in [-0.15, -0.1) is 0 Å². The smallest absolute Gasteiger partial charge is 0.258 e. The molecular formula is C10H6ClN3O2. The third-order valence-corrected chi connectivity index (χ3v) is 2.29. The molecule has 5 nitrogen and oxygen atoms in total. The topological polar surface area (TPSA) is 68.9 Å². The van der Waals surface area contributed by atoms with Crippen molar-refractivity contribution in [2.24, 2.45) is 0 Å². The van der Waals surface area contributed by atoms with Crippen molar-refractivity contribution in [2.45, 2.75) is 0 Å². The van der Waals surface area contributed by atoms with Gasteiger partial charge in [0.1, 0.15) is 5.69 Å². The second-order valence-electron chi connectivity index (χ2n) is 2.97. The number of rotatable bonds is 2. The number of halogens is 1. The second-order valence-corrected chi connectivity index (χ2v) is 3.33. The van der Waals surface area contributed by atoms with E-state index in [1.54, 1.807) is 18.2 Å². The monoisotopic (exact) mass is 235 g/mol. The van der Waals surface area contributed by atoms with Crippen LogP contribution >= 0.6 is 11.6 Å². The van der Waals surface area contributed by atoms with Gasteiger partial charge in [-0.3, -0.25) is 15.1 Å². The summed E-state index contributed by atoms with van der Waals surface area (Å²) in [4.78, 5) is 18.2. The Hall–Kier alpha value is -2.01. The van der Waals surface area contributed by atoms with Gasteiger partial charge in [-0.05, 0) is 6.07 Å². The Morgan fingerprint density at radius 1 is 1.19 bits per heavy atom. The zero-order valence-electron chi connectivity index (χ0n) is 8.00. The quantitative estimate of drug-likeness (QED) is 0.593. The summed E-state index contributed by atoms with van der Waals surface area (Å²) in [7, 11) is 0. The van der Waals surface area contributed by atoms with E-state index >= 15 is 0 Å². The molecule has 0 N–H and O–H groups in total. The maximum atomic E-state index is 10.8. The van der Waals surface area contributed by atoms with E-state index < -0.39 is 4.92 Å². The SMILES string of the molecule is O=[N+]([O-])c1ccccc1-c1nccnc1Cl. The molecule has 0 bridgehead atoms. The van der Waals surface area contributed by atoms with E-state index in [9.17, 15) is 10.1 Å². The van der Waals surface area contributed by atoms with E-state index in [4.69, 9.17) is 11.6 Å². The molecule has 0 spiro atoms. The average molecular weight is 236 g/mol. The van der Waals surface area contributed by atoms with Crippen LogP contribution in [-0.2, 0) is 0 Å². The van der Waals surface area contributed by atoms with Crippen molar-refractivity contribution in [3.8, 4) is 11.3 Å². The van der Waals surface area contributed by atoms with E-state index in [-0.39, 0.29) is 10.8 Å². The molecule has 0 atom stereocenters. The molecule has 80 valence electrons. The zero-order valence-corrected chi connectivity index (χ0v) is 8.76. The molecule has 0 fully saturated rings. The number of benzene rings is 1. The molecule has 0 saturated heterocycles. The first-order valence-corrected chi connectivity index (χ1v) is 4.78. The van der Waals surface area contributed by atoms with Gasteiger partial charge in [-0.2, -0.15) is 0 Å². The molecule has 0 unspecified atom stereocenters. The summed E-state index contributed by atoms with van der Waals surface area (Å²) in [6.07, 6.45) is 2.87. The maximum absolute atomic E-state index is 10.8. The van der Waals surface area contributed by atoms with Gasteiger partial charge in [-0.25, -0.2) is 4.98 Å². The molecular weight excluding hydrogens is 230 g/mol. The number of nitro benzene ring substituents is 1. The van der Waals surface area contributed by atoms with Crippen molar-refractivity contribution in [3.63, 3.8) is 0 Å². The highest BCUT2D eigenvalue weighted by molar-refractivity contribution is 6.31. The van der Waals surface area contributed by atoms with Crippen molar-refractivity contribution < 1.29 is 4.92 Å². The predicted octanol–water partition coefficient (Wildman–Crippen LogP) is 2.71. The summed E-state index contributed by atoms with van der Waals surface area (Å²) in [6.45, 7) is 0. The minimum absolute atomic E-state index is 0.0371. The minimum atomic E-state index is -0.472. The van der Waals surface area contributed by atoms with Crippen LogP contribution in [-0.4, -0.2) is 14.9 Å². The normalized spacial score (nSPS) is 10.1. The summed E-state index contributed by atoms with van der Waals surface area (Å²) in [5.41, 5.74) is 0.645. The number of hydrogen-bond donors (Lipinski definition) is 0. The van der Waals surface area contributed by atoms with Gasteiger partial charge in [0.05, 0.1) is 10.5 Å². The van der Waals surface area contributed by atoms with Crippen LogP contribution in [0, 0.1) is 10.1 Å². The summed E-state index contributed by atoms with van der Waals surface area (Å²) in [5.74, 6) is 0. The van der Waals surface area contributed by atoms with Crippen LogP contribution in [0.15, 0.2) is 36.7 Å². The van der Waals surface area contributed by atoms with Crippen molar-refractivity contribution in [2.75, 3.05) is 0 Å². The van der Waals surface area contributed by atoms with Crippen LogP contribution in [0.5, 0.6) is 0 Å². The Balaban J connectivity index is 2.65. The molecule has 2 rings (SSSR count). The highest BCUT2D eigenvalue weighted by atomic mass is 35.5. The number of nitro groups is 1. The Labute approximate surface area is 95.9 Å². The van der Waals surface area contributed by atoms with Crippen molar-refractivity contribution in [1.82, 2.24) is 9.97 Å². The molecule has 0 aliphatic heterocycles. The molecule has 1 heterocycles. The molecule has 2 aromatic rings. The van der Waals surface area contributed by atoms with Crippen LogP contribution in [0.2, 0.25) is 5.15 Å². The first-order chi connectivity index (χ1) is 7.70. The molecule has 1 aromatic carbocycles. The first kappa shape index (κ1) is 10.5. The maximum Gasteiger partial charge on any atom is 0.278 e. The Bertz CT molecular complexity index is 545. The van der Waals surface area contributed by atoms with E-state index in [0.717, 1.165) is 0 Å². The van der Waals surface area contributed by atoms with Gasteiger partial charge < -0.3 is 0 Å². The van der Waals surface area contributed by atoms with E-state index in [2.05, 4.69) is 9.97 Å². The van der Waals surface area contributed by atoms with Crippen LogP contribution in [0.25, 0.3) is 11.3 Å². The number of nitrogens with zero attached hydrogens (tertiary/aromatic N) is 3. The fourth-order valence-electron chi connectivity index (χ4n) is 1.33. The first-order valence-electron chi connectivity index (χ1n) is 4.40. The summed E-state index contributed by atoms with van der Waals surface area (Å²) < 4.78 is 0. The molecule has 0 saturated carbocycles. The average Bonchev–Trinajstić information content (AvgIpc) is 2.29. The Kier molecular flexibility index (Phi) is 2.78. The lowest BCUT2D eigenvalue weighted by Crippen LogP contribution is -1.94. The number of para-hydroxylation sites is 1. The lowest BCUT2D eigenvalue weighted by atomic mass is 10.1. The van der Waals surface area contributed by atoms with Gasteiger partial charge in [0, 0.05) is 18.5 Å². The molecule has 6 heteroatoms. The van der Waals surface area contributed by atoms with Crippen LogP contribution < -0.4 is 0 Å². The summed E-state index contributed by atoms with van der Waals surface area (Å²) >= 11 is 5.84. The van der Waals surface area contributed by atoms with Gasteiger partial charge >= 0.3 is 0 Å². The lowest BCUT2D eigenvalue weighted by Gasteiger charge is -2.02. The molecule has 0 aliphatic rings. The van der Waals surface area contributed by atoms with Crippen molar-refractivity contribution in [3.05, 3.63) is 51.9 Å². The highest BCUT2D eigenvalue weighted by Gasteiger charge is 2.17. The standard InChI is InChI=1S/C10H6ClN3O2/c11-10-9(12-5-6-13-10)7-3-1-2-4-8(7)14(15)16/h1-6H. The van der Waals surface area contributed by atoms with Crippen LogP contribution in [0.1, 0.15) is 0 Å². The van der Waals surface area contributed by atoms with Crippen LogP contribution in [0.3, 0.4) is 0 Å². The largest absolute Gasteiger partial charge is 0.278 e. The molecule has 1 aromatic heterocycles. The second kappa shape index (κ2) is 4.24. The number of aromatic nitrogens is 2. The van der Waals surface area contributed by atoms with Gasteiger partial charge in [0.25, 0.3) is 5.69 Å².